The summed E-state index contributed by atoms with van der Waals surface area (Å²) in [4.78, 5) is 17.6. The molecular formula is C23H30IN5O3. The molecule has 8 nitrogen and oxygen atoms in total. The van der Waals surface area contributed by atoms with Crippen molar-refractivity contribution in [3.05, 3.63) is 70.9 Å². The van der Waals surface area contributed by atoms with Crippen LogP contribution in [0.5, 0.6) is 5.75 Å². The lowest BCUT2D eigenvalue weighted by Crippen LogP contribution is -2.38. The topological polar surface area (TPSA) is 98.0 Å². The largest absolute Gasteiger partial charge is 0.497 e. The van der Waals surface area contributed by atoms with Crippen LogP contribution in [0, 0.1) is 13.8 Å². The van der Waals surface area contributed by atoms with E-state index in [2.05, 4.69) is 46.9 Å². The minimum atomic E-state index is -0.583. The second-order valence-electron chi connectivity index (χ2n) is 7.32. The van der Waals surface area contributed by atoms with Crippen molar-refractivity contribution >= 4 is 35.8 Å². The van der Waals surface area contributed by atoms with Gasteiger partial charge in [-0.2, -0.15) is 0 Å². The van der Waals surface area contributed by atoms with Gasteiger partial charge in [-0.05, 0) is 61.9 Å². The van der Waals surface area contributed by atoms with E-state index in [4.69, 9.17) is 14.9 Å². The Morgan fingerprint density at radius 2 is 1.91 bits per heavy atom. The molecular weight excluding hydrogens is 521 g/mol. The van der Waals surface area contributed by atoms with Gasteiger partial charge in [-0.3, -0.25) is 9.79 Å². The molecule has 0 spiro atoms. The lowest BCUT2D eigenvalue weighted by atomic mass is 10.2. The zero-order chi connectivity index (χ0) is 22.5. The first-order valence-corrected chi connectivity index (χ1v) is 9.96. The number of aromatic nitrogens is 1. The number of carbonyl (C=O) groups is 1. The van der Waals surface area contributed by atoms with Crippen molar-refractivity contribution in [1.82, 2.24) is 14.8 Å². The molecule has 32 heavy (non-hydrogen) atoms. The number of benzene rings is 1. The minimum Gasteiger partial charge on any atom is -0.497 e. The van der Waals surface area contributed by atoms with E-state index in [0.29, 0.717) is 24.8 Å². The monoisotopic (exact) mass is 551 g/mol. The van der Waals surface area contributed by atoms with E-state index in [1.165, 1.54) is 11.3 Å². The molecule has 0 saturated heterocycles. The van der Waals surface area contributed by atoms with Crippen molar-refractivity contribution in [3.63, 3.8) is 0 Å². The highest BCUT2D eigenvalue weighted by atomic mass is 127. The summed E-state index contributed by atoms with van der Waals surface area (Å²) in [6, 6.07) is 13.5. The molecule has 3 N–H and O–H groups in total. The second-order valence-corrected chi connectivity index (χ2v) is 7.32. The maximum absolute atomic E-state index is 11.2. The Kier molecular flexibility index (Phi) is 8.76. The predicted molar refractivity (Wildman–Crippen MR) is 136 cm³/mol. The quantitative estimate of drug-likeness (QED) is 0.266. The number of aliphatic imine (C=N–C) groups is 1. The maximum Gasteiger partial charge on any atom is 0.284 e. The van der Waals surface area contributed by atoms with Crippen LogP contribution >= 0.6 is 24.0 Å². The summed E-state index contributed by atoms with van der Waals surface area (Å²) in [6.45, 7) is 5.29. The fourth-order valence-corrected chi connectivity index (χ4v) is 3.60. The third kappa shape index (κ3) is 5.64. The summed E-state index contributed by atoms with van der Waals surface area (Å²) in [5, 5.41) is 3.25. The van der Waals surface area contributed by atoms with E-state index < -0.39 is 5.91 Å². The number of furan rings is 1. The summed E-state index contributed by atoms with van der Waals surface area (Å²) in [5.74, 6) is 1.72. The van der Waals surface area contributed by atoms with Gasteiger partial charge in [0.05, 0.1) is 13.7 Å². The van der Waals surface area contributed by atoms with Gasteiger partial charge in [-0.25, -0.2) is 0 Å². The fraction of sp³-hybridized carbons (Fsp3) is 0.304. The number of halogens is 1. The number of amides is 1. The van der Waals surface area contributed by atoms with E-state index in [0.717, 1.165) is 17.1 Å². The van der Waals surface area contributed by atoms with Gasteiger partial charge in [0.15, 0.2) is 11.7 Å². The number of rotatable bonds is 7. The molecule has 3 rings (SSSR count). The van der Waals surface area contributed by atoms with Crippen LogP contribution in [0.1, 0.15) is 33.3 Å². The Bertz CT molecular complexity index is 1090. The van der Waals surface area contributed by atoms with Gasteiger partial charge >= 0.3 is 0 Å². The number of hydrogen-bond acceptors (Lipinski definition) is 4. The van der Waals surface area contributed by atoms with Gasteiger partial charge in [0.1, 0.15) is 11.5 Å². The first kappa shape index (κ1) is 25.3. The summed E-state index contributed by atoms with van der Waals surface area (Å²) >= 11 is 0. The van der Waals surface area contributed by atoms with Crippen molar-refractivity contribution in [1.29, 1.82) is 0 Å². The molecule has 0 aliphatic rings. The first-order chi connectivity index (χ1) is 14.8. The molecule has 0 bridgehead atoms. The number of aryl methyl sites for hydroxylation is 1. The average molecular weight is 551 g/mol. The Labute approximate surface area is 205 Å². The second kappa shape index (κ2) is 11.1. The molecule has 0 fully saturated rings. The third-order valence-corrected chi connectivity index (χ3v) is 5.17. The van der Waals surface area contributed by atoms with Gasteiger partial charge in [-0.15, -0.1) is 24.0 Å². The zero-order valence-electron chi connectivity index (χ0n) is 19.0. The molecule has 0 aliphatic carbocycles. The standard InChI is InChI=1S/C23H29N5O3.HI/c1-15-12-17(16(2)28(15)18-6-8-19(30-5)9-7-18)14-27(4)23(25-3)26-13-20-10-11-21(31-20)22(24)29;/h6-12H,13-14H2,1-5H3,(H2,24,29)(H,25,26);1H. The van der Waals surface area contributed by atoms with Crippen molar-refractivity contribution in [2.75, 3.05) is 21.2 Å². The molecule has 1 amide bonds. The van der Waals surface area contributed by atoms with Crippen LogP contribution in [-0.4, -0.2) is 42.5 Å². The molecule has 0 radical (unpaired) electrons. The fourth-order valence-electron chi connectivity index (χ4n) is 3.60. The Hall–Kier alpha value is -2.95. The SMILES string of the molecule is CN=C(NCc1ccc(C(N)=O)o1)N(C)Cc1cc(C)n(-c2ccc(OC)cc2)c1C.I. The van der Waals surface area contributed by atoms with Gasteiger partial charge in [0, 0.05) is 37.7 Å². The minimum absolute atomic E-state index is 0. The van der Waals surface area contributed by atoms with E-state index in [1.807, 2.05) is 24.1 Å². The van der Waals surface area contributed by atoms with Crippen LogP contribution in [0.4, 0.5) is 0 Å². The molecule has 3 aromatic rings. The summed E-state index contributed by atoms with van der Waals surface area (Å²) in [7, 11) is 5.38. The molecule has 0 atom stereocenters. The molecule has 2 heterocycles. The number of ether oxygens (including phenoxy) is 1. The molecule has 0 saturated carbocycles. The number of hydrogen-bond donors (Lipinski definition) is 2. The highest BCUT2D eigenvalue weighted by Crippen LogP contribution is 2.23. The highest BCUT2D eigenvalue weighted by Gasteiger charge is 2.15. The average Bonchev–Trinajstić information content (AvgIpc) is 3.33. The number of nitrogens with two attached hydrogens (primary N) is 1. The molecule has 9 heteroatoms. The summed E-state index contributed by atoms with van der Waals surface area (Å²) in [5.41, 5.74) is 9.85. The van der Waals surface area contributed by atoms with Crippen molar-refractivity contribution in [2.24, 2.45) is 10.7 Å². The lowest BCUT2D eigenvalue weighted by molar-refractivity contribution is 0.0972. The van der Waals surface area contributed by atoms with Crippen LogP contribution in [0.15, 0.2) is 51.9 Å². The molecule has 0 aliphatic heterocycles. The number of methoxy groups -OCH3 is 1. The smallest absolute Gasteiger partial charge is 0.284 e. The van der Waals surface area contributed by atoms with Crippen LogP contribution in [-0.2, 0) is 13.1 Å². The van der Waals surface area contributed by atoms with E-state index in [1.54, 1.807) is 26.3 Å². The number of nitrogens with zero attached hydrogens (tertiary/aromatic N) is 3. The molecule has 2 aromatic heterocycles. The zero-order valence-corrected chi connectivity index (χ0v) is 21.3. The predicted octanol–water partition coefficient (Wildman–Crippen LogP) is 3.62. The number of carbonyl (C=O) groups excluding carboxylic acids is 1. The van der Waals surface area contributed by atoms with Crippen molar-refractivity contribution in [3.8, 4) is 11.4 Å². The highest BCUT2D eigenvalue weighted by molar-refractivity contribution is 14.0. The molecule has 172 valence electrons. The Morgan fingerprint density at radius 3 is 2.47 bits per heavy atom. The Morgan fingerprint density at radius 1 is 1.22 bits per heavy atom. The normalized spacial score (nSPS) is 11.1. The van der Waals surface area contributed by atoms with Crippen molar-refractivity contribution in [2.45, 2.75) is 26.9 Å². The molecule has 0 unspecified atom stereocenters. The van der Waals surface area contributed by atoms with Crippen LogP contribution in [0.2, 0.25) is 0 Å². The summed E-state index contributed by atoms with van der Waals surface area (Å²) in [6.07, 6.45) is 0. The third-order valence-electron chi connectivity index (χ3n) is 5.17. The van der Waals surface area contributed by atoms with Gasteiger partial charge in [0.25, 0.3) is 5.91 Å². The van der Waals surface area contributed by atoms with Gasteiger partial charge in [0.2, 0.25) is 0 Å². The summed E-state index contributed by atoms with van der Waals surface area (Å²) < 4.78 is 12.9. The van der Waals surface area contributed by atoms with Crippen molar-refractivity contribution < 1.29 is 13.9 Å². The van der Waals surface area contributed by atoms with Gasteiger partial charge in [-0.1, -0.05) is 0 Å². The van der Waals surface area contributed by atoms with Crippen LogP contribution in [0.25, 0.3) is 5.69 Å². The number of nitrogens with one attached hydrogen (secondary N) is 1. The molecule has 1 aromatic carbocycles. The van der Waals surface area contributed by atoms with Crippen LogP contribution in [0.3, 0.4) is 0 Å². The van der Waals surface area contributed by atoms with Gasteiger partial charge < -0.3 is 29.7 Å². The first-order valence-electron chi connectivity index (χ1n) is 9.96. The van der Waals surface area contributed by atoms with E-state index in [9.17, 15) is 4.79 Å². The maximum atomic E-state index is 11.2. The Balaban J connectivity index is 0.00000363. The number of primary amides is 1. The lowest BCUT2D eigenvalue weighted by Gasteiger charge is -2.22. The van der Waals surface area contributed by atoms with E-state index in [-0.39, 0.29) is 29.7 Å². The number of guanidine groups is 1. The van der Waals surface area contributed by atoms with Crippen LogP contribution < -0.4 is 15.8 Å². The van der Waals surface area contributed by atoms with E-state index >= 15 is 0 Å².